The molecule has 108 valence electrons. The standard InChI is InChI=1S/C16H28N2O/c1-12(2)15-11-14(6-9-18-8-5-7-17)13(3)10-16(15)19-4/h10-12,18H,5-9,17H2,1-4H3. The predicted molar refractivity (Wildman–Crippen MR) is 82.1 cm³/mol. The van der Waals surface area contributed by atoms with Crippen molar-refractivity contribution in [1.82, 2.24) is 5.32 Å². The number of rotatable bonds is 8. The van der Waals surface area contributed by atoms with Gasteiger partial charge in [0.25, 0.3) is 0 Å². The lowest BCUT2D eigenvalue weighted by atomic mass is 9.95. The van der Waals surface area contributed by atoms with E-state index in [4.69, 9.17) is 10.5 Å². The van der Waals surface area contributed by atoms with Crippen molar-refractivity contribution in [3.63, 3.8) is 0 Å². The molecule has 0 radical (unpaired) electrons. The Labute approximate surface area is 117 Å². The molecule has 0 heterocycles. The van der Waals surface area contributed by atoms with E-state index in [1.54, 1.807) is 7.11 Å². The summed E-state index contributed by atoms with van der Waals surface area (Å²) in [5.41, 5.74) is 9.49. The minimum Gasteiger partial charge on any atom is -0.496 e. The highest BCUT2D eigenvalue weighted by atomic mass is 16.5. The third kappa shape index (κ3) is 4.84. The van der Waals surface area contributed by atoms with Crippen molar-refractivity contribution >= 4 is 0 Å². The number of aryl methyl sites for hydroxylation is 1. The number of hydrogen-bond donors (Lipinski definition) is 2. The van der Waals surface area contributed by atoms with Crippen LogP contribution in [0.4, 0.5) is 0 Å². The number of nitrogens with two attached hydrogens (primary N) is 1. The van der Waals surface area contributed by atoms with E-state index >= 15 is 0 Å². The lowest BCUT2D eigenvalue weighted by Gasteiger charge is -2.16. The van der Waals surface area contributed by atoms with Crippen LogP contribution in [0.15, 0.2) is 12.1 Å². The van der Waals surface area contributed by atoms with Crippen LogP contribution in [-0.2, 0) is 6.42 Å². The Morgan fingerprint density at radius 3 is 2.58 bits per heavy atom. The van der Waals surface area contributed by atoms with Gasteiger partial charge in [0.2, 0.25) is 0 Å². The highest BCUT2D eigenvalue weighted by Crippen LogP contribution is 2.29. The van der Waals surface area contributed by atoms with E-state index in [1.165, 1.54) is 16.7 Å². The Balaban J connectivity index is 2.70. The van der Waals surface area contributed by atoms with Gasteiger partial charge in [-0.1, -0.05) is 19.9 Å². The third-order valence-electron chi connectivity index (χ3n) is 3.44. The molecule has 0 aliphatic heterocycles. The highest BCUT2D eigenvalue weighted by molar-refractivity contribution is 5.44. The molecule has 0 spiro atoms. The molecule has 0 aromatic heterocycles. The number of benzene rings is 1. The van der Waals surface area contributed by atoms with Gasteiger partial charge in [0.15, 0.2) is 0 Å². The molecule has 0 fully saturated rings. The molecule has 3 nitrogen and oxygen atoms in total. The molecule has 0 saturated heterocycles. The van der Waals surface area contributed by atoms with Crippen molar-refractivity contribution in [2.75, 3.05) is 26.7 Å². The Morgan fingerprint density at radius 2 is 2.00 bits per heavy atom. The summed E-state index contributed by atoms with van der Waals surface area (Å²) in [5, 5.41) is 3.43. The van der Waals surface area contributed by atoms with Crippen LogP contribution in [-0.4, -0.2) is 26.7 Å². The monoisotopic (exact) mass is 264 g/mol. The summed E-state index contributed by atoms with van der Waals surface area (Å²) in [7, 11) is 1.74. The normalized spacial score (nSPS) is 11.1. The fourth-order valence-electron chi connectivity index (χ4n) is 2.22. The summed E-state index contributed by atoms with van der Waals surface area (Å²) in [5.74, 6) is 1.49. The van der Waals surface area contributed by atoms with E-state index in [1.807, 2.05) is 0 Å². The van der Waals surface area contributed by atoms with Crippen molar-refractivity contribution in [3.8, 4) is 5.75 Å². The highest BCUT2D eigenvalue weighted by Gasteiger charge is 2.10. The maximum Gasteiger partial charge on any atom is 0.122 e. The zero-order chi connectivity index (χ0) is 14.3. The lowest BCUT2D eigenvalue weighted by molar-refractivity contribution is 0.407. The molecular weight excluding hydrogens is 236 g/mol. The second kappa shape index (κ2) is 8.18. The molecular formula is C16H28N2O. The minimum atomic E-state index is 0.486. The molecule has 0 saturated carbocycles. The molecule has 3 N–H and O–H groups in total. The number of ether oxygens (including phenoxy) is 1. The zero-order valence-corrected chi connectivity index (χ0v) is 12.8. The Morgan fingerprint density at radius 1 is 1.26 bits per heavy atom. The maximum atomic E-state index is 5.48. The van der Waals surface area contributed by atoms with E-state index in [2.05, 4.69) is 38.2 Å². The summed E-state index contributed by atoms with van der Waals surface area (Å²) >= 11 is 0. The average Bonchev–Trinajstić information content (AvgIpc) is 2.39. The lowest BCUT2D eigenvalue weighted by Crippen LogP contribution is -2.21. The summed E-state index contributed by atoms with van der Waals surface area (Å²) in [6.07, 6.45) is 2.10. The van der Waals surface area contributed by atoms with Gasteiger partial charge in [-0.25, -0.2) is 0 Å². The van der Waals surface area contributed by atoms with Crippen LogP contribution in [0.1, 0.15) is 42.9 Å². The van der Waals surface area contributed by atoms with Gasteiger partial charge in [0, 0.05) is 0 Å². The molecule has 1 aromatic carbocycles. The molecule has 0 atom stereocenters. The van der Waals surface area contributed by atoms with Crippen molar-refractivity contribution in [2.24, 2.45) is 5.73 Å². The first-order valence-corrected chi connectivity index (χ1v) is 7.18. The van der Waals surface area contributed by atoms with Crippen LogP contribution in [0.25, 0.3) is 0 Å². The Hall–Kier alpha value is -1.06. The molecule has 19 heavy (non-hydrogen) atoms. The Bertz CT molecular complexity index is 389. The van der Waals surface area contributed by atoms with Crippen LogP contribution in [0.2, 0.25) is 0 Å². The molecule has 0 aliphatic rings. The molecule has 1 aromatic rings. The molecule has 0 bridgehead atoms. The average molecular weight is 264 g/mol. The van der Waals surface area contributed by atoms with Gasteiger partial charge in [0.05, 0.1) is 7.11 Å². The molecule has 3 heteroatoms. The summed E-state index contributed by atoms with van der Waals surface area (Å²) in [6, 6.07) is 4.45. The summed E-state index contributed by atoms with van der Waals surface area (Å²) < 4.78 is 5.47. The van der Waals surface area contributed by atoms with Gasteiger partial charge in [-0.15, -0.1) is 0 Å². The molecule has 0 amide bonds. The van der Waals surface area contributed by atoms with Crippen LogP contribution in [0, 0.1) is 6.92 Å². The van der Waals surface area contributed by atoms with Crippen molar-refractivity contribution in [1.29, 1.82) is 0 Å². The van der Waals surface area contributed by atoms with Gasteiger partial charge in [-0.05, 0) is 68.1 Å². The summed E-state index contributed by atoms with van der Waals surface area (Å²) in [6.45, 7) is 9.33. The number of nitrogens with one attached hydrogen (secondary N) is 1. The Kier molecular flexibility index (Phi) is 6.89. The van der Waals surface area contributed by atoms with Gasteiger partial charge >= 0.3 is 0 Å². The van der Waals surface area contributed by atoms with E-state index in [0.29, 0.717) is 5.92 Å². The molecule has 0 aliphatic carbocycles. The van der Waals surface area contributed by atoms with Gasteiger partial charge < -0.3 is 15.8 Å². The van der Waals surface area contributed by atoms with Gasteiger partial charge in [0.1, 0.15) is 5.75 Å². The predicted octanol–water partition coefficient (Wildman–Crippen LogP) is 2.61. The minimum absolute atomic E-state index is 0.486. The first kappa shape index (κ1) is 16.0. The molecule has 0 unspecified atom stereocenters. The molecule has 1 rings (SSSR count). The first-order valence-electron chi connectivity index (χ1n) is 7.18. The van der Waals surface area contributed by atoms with Crippen LogP contribution >= 0.6 is 0 Å². The van der Waals surface area contributed by atoms with Crippen molar-refractivity contribution < 1.29 is 4.74 Å². The fourth-order valence-corrected chi connectivity index (χ4v) is 2.22. The van der Waals surface area contributed by atoms with E-state index in [-0.39, 0.29) is 0 Å². The third-order valence-corrected chi connectivity index (χ3v) is 3.44. The summed E-state index contributed by atoms with van der Waals surface area (Å²) in [4.78, 5) is 0. The number of hydrogen-bond acceptors (Lipinski definition) is 3. The smallest absolute Gasteiger partial charge is 0.122 e. The maximum absolute atomic E-state index is 5.48. The van der Waals surface area contributed by atoms with Crippen LogP contribution in [0.3, 0.4) is 0 Å². The van der Waals surface area contributed by atoms with Crippen LogP contribution < -0.4 is 15.8 Å². The van der Waals surface area contributed by atoms with E-state index < -0.39 is 0 Å². The van der Waals surface area contributed by atoms with E-state index in [9.17, 15) is 0 Å². The fraction of sp³-hybridized carbons (Fsp3) is 0.625. The second-order valence-electron chi connectivity index (χ2n) is 5.32. The topological polar surface area (TPSA) is 47.3 Å². The largest absolute Gasteiger partial charge is 0.496 e. The first-order chi connectivity index (χ1) is 9.10. The van der Waals surface area contributed by atoms with E-state index in [0.717, 1.165) is 38.2 Å². The van der Waals surface area contributed by atoms with Gasteiger partial charge in [-0.2, -0.15) is 0 Å². The number of methoxy groups -OCH3 is 1. The van der Waals surface area contributed by atoms with Crippen molar-refractivity contribution in [3.05, 3.63) is 28.8 Å². The van der Waals surface area contributed by atoms with Gasteiger partial charge in [-0.3, -0.25) is 0 Å². The second-order valence-corrected chi connectivity index (χ2v) is 5.32. The van der Waals surface area contributed by atoms with Crippen LogP contribution in [0.5, 0.6) is 5.75 Å². The zero-order valence-electron chi connectivity index (χ0n) is 12.8. The quantitative estimate of drug-likeness (QED) is 0.710. The van der Waals surface area contributed by atoms with Crippen molar-refractivity contribution in [2.45, 2.75) is 39.5 Å². The SMILES string of the molecule is COc1cc(C)c(CCNCCCN)cc1C(C)C.